The third-order valence-corrected chi connectivity index (χ3v) is 1.98. The minimum absolute atomic E-state index is 0.0193. The number of nitrogens with zero attached hydrogens (tertiary/aromatic N) is 4. The number of halogens is 3. The van der Waals surface area contributed by atoms with Crippen molar-refractivity contribution in [3.63, 3.8) is 0 Å². The van der Waals surface area contributed by atoms with Gasteiger partial charge in [-0.2, -0.15) is 23.5 Å². The Morgan fingerprint density at radius 1 is 1.47 bits per heavy atom. The van der Waals surface area contributed by atoms with Gasteiger partial charge in [-0.3, -0.25) is 0 Å². The van der Waals surface area contributed by atoms with Crippen LogP contribution in [-0.2, 0) is 0 Å². The smallest absolute Gasteiger partial charge is 0.345 e. The lowest BCUT2D eigenvalue weighted by Gasteiger charge is -2.24. The Bertz CT molecular complexity index is 411. The molecule has 0 unspecified atom stereocenters. The number of rotatable bonds is 4. The number of hydrogen-bond donors (Lipinski definition) is 0. The minimum atomic E-state index is -4.33. The van der Waals surface area contributed by atoms with Gasteiger partial charge in [0, 0.05) is 6.54 Å². The summed E-state index contributed by atoms with van der Waals surface area (Å²) in [6.45, 7) is 0.798. The van der Waals surface area contributed by atoms with Gasteiger partial charge in [-0.05, 0) is 12.5 Å². The third-order valence-electron chi connectivity index (χ3n) is 1.98. The second-order valence-corrected chi connectivity index (χ2v) is 3.42. The molecule has 1 rings (SSSR count). The molecule has 92 valence electrons. The van der Waals surface area contributed by atoms with Crippen molar-refractivity contribution in [1.82, 2.24) is 10.2 Å². The maximum absolute atomic E-state index is 12.4. The molecule has 0 aliphatic rings. The summed E-state index contributed by atoms with van der Waals surface area (Å²) in [6.07, 6.45) is -2.53. The molecule has 0 aromatic carbocycles. The minimum Gasteiger partial charge on any atom is -0.345 e. The first kappa shape index (κ1) is 13.2. The Morgan fingerprint density at radius 3 is 2.71 bits per heavy atom. The predicted octanol–water partition coefficient (Wildman–Crippen LogP) is 2.13. The molecule has 0 spiro atoms. The molecule has 0 aliphatic heterocycles. The summed E-state index contributed by atoms with van der Waals surface area (Å²) in [4.78, 5) is 1.02. The molecule has 0 saturated heterocycles. The van der Waals surface area contributed by atoms with Gasteiger partial charge in [0.25, 0.3) is 0 Å². The second-order valence-electron chi connectivity index (χ2n) is 3.42. The Kier molecular flexibility index (Phi) is 4.26. The van der Waals surface area contributed by atoms with Crippen LogP contribution in [-0.4, -0.2) is 29.5 Å². The lowest BCUT2D eigenvalue weighted by molar-refractivity contribution is -0.119. The fraction of sp³-hybridized carbons (Fsp3) is 0.500. The highest BCUT2D eigenvalue weighted by molar-refractivity contribution is 5.52. The number of nitriles is 1. The van der Waals surface area contributed by atoms with E-state index in [2.05, 4.69) is 10.2 Å². The number of alkyl halides is 3. The quantitative estimate of drug-likeness (QED) is 0.814. The van der Waals surface area contributed by atoms with Crippen LogP contribution in [0.15, 0.2) is 12.3 Å². The van der Waals surface area contributed by atoms with Crippen LogP contribution in [0.2, 0.25) is 0 Å². The van der Waals surface area contributed by atoms with Crippen LogP contribution in [0.25, 0.3) is 0 Å². The first-order valence-corrected chi connectivity index (χ1v) is 5.01. The van der Waals surface area contributed by atoms with Crippen molar-refractivity contribution in [3.8, 4) is 6.07 Å². The first-order valence-electron chi connectivity index (χ1n) is 5.01. The lowest BCUT2D eigenvalue weighted by Crippen LogP contribution is -2.36. The van der Waals surface area contributed by atoms with E-state index >= 15 is 0 Å². The van der Waals surface area contributed by atoms with Crippen molar-refractivity contribution in [2.24, 2.45) is 0 Å². The van der Waals surface area contributed by atoms with E-state index in [4.69, 9.17) is 5.26 Å². The zero-order chi connectivity index (χ0) is 12.9. The normalized spacial score (nSPS) is 11.0. The van der Waals surface area contributed by atoms with E-state index < -0.39 is 12.7 Å². The van der Waals surface area contributed by atoms with E-state index in [-0.39, 0.29) is 17.9 Å². The molecule has 0 bridgehead atoms. The van der Waals surface area contributed by atoms with Crippen LogP contribution >= 0.6 is 0 Å². The molecule has 7 heteroatoms. The van der Waals surface area contributed by atoms with Crippen molar-refractivity contribution in [3.05, 3.63) is 17.8 Å². The second kappa shape index (κ2) is 5.48. The first-order chi connectivity index (χ1) is 7.98. The van der Waals surface area contributed by atoms with Gasteiger partial charge >= 0.3 is 6.18 Å². The van der Waals surface area contributed by atoms with E-state index in [1.165, 1.54) is 12.3 Å². The van der Waals surface area contributed by atoms with Gasteiger partial charge in [0.15, 0.2) is 5.82 Å². The van der Waals surface area contributed by atoms with Gasteiger partial charge in [-0.15, -0.1) is 5.10 Å². The van der Waals surface area contributed by atoms with Crippen LogP contribution in [0.4, 0.5) is 19.0 Å². The highest BCUT2D eigenvalue weighted by Crippen LogP contribution is 2.22. The number of anilines is 1. The van der Waals surface area contributed by atoms with Crippen LogP contribution in [0, 0.1) is 11.3 Å². The van der Waals surface area contributed by atoms with Gasteiger partial charge < -0.3 is 4.90 Å². The highest BCUT2D eigenvalue weighted by atomic mass is 19.4. The molecule has 1 heterocycles. The molecule has 0 saturated carbocycles. The molecular weight excluding hydrogens is 233 g/mol. The zero-order valence-electron chi connectivity index (χ0n) is 9.20. The number of hydrogen-bond acceptors (Lipinski definition) is 4. The Morgan fingerprint density at radius 2 is 2.18 bits per heavy atom. The number of aromatic nitrogens is 2. The summed E-state index contributed by atoms with van der Waals surface area (Å²) in [6, 6.07) is 3.16. The summed E-state index contributed by atoms with van der Waals surface area (Å²) < 4.78 is 37.1. The Balaban J connectivity index is 3.01. The summed E-state index contributed by atoms with van der Waals surface area (Å²) >= 11 is 0. The van der Waals surface area contributed by atoms with Crippen LogP contribution in [0.3, 0.4) is 0 Å². The highest BCUT2D eigenvalue weighted by Gasteiger charge is 2.32. The molecule has 0 atom stereocenters. The van der Waals surface area contributed by atoms with E-state index in [9.17, 15) is 13.2 Å². The summed E-state index contributed by atoms with van der Waals surface area (Å²) in [7, 11) is 0. The van der Waals surface area contributed by atoms with Crippen LogP contribution < -0.4 is 4.90 Å². The molecule has 0 N–H and O–H groups in total. The molecule has 1 aromatic heterocycles. The Hall–Kier alpha value is -1.84. The van der Waals surface area contributed by atoms with Crippen molar-refractivity contribution < 1.29 is 13.2 Å². The monoisotopic (exact) mass is 244 g/mol. The summed E-state index contributed by atoms with van der Waals surface area (Å²) in [5.41, 5.74) is 0.0951. The SMILES string of the molecule is CCCN(CC(F)(F)F)c1nnccc1C#N. The molecule has 0 radical (unpaired) electrons. The largest absolute Gasteiger partial charge is 0.405 e. The zero-order valence-corrected chi connectivity index (χ0v) is 9.20. The summed E-state index contributed by atoms with van der Waals surface area (Å²) in [5.74, 6) is -0.0193. The molecule has 17 heavy (non-hydrogen) atoms. The molecule has 0 amide bonds. The van der Waals surface area contributed by atoms with Gasteiger partial charge in [0.2, 0.25) is 0 Å². The van der Waals surface area contributed by atoms with Crippen molar-refractivity contribution in [1.29, 1.82) is 5.26 Å². The maximum Gasteiger partial charge on any atom is 0.405 e. The lowest BCUT2D eigenvalue weighted by atomic mass is 10.2. The summed E-state index contributed by atoms with van der Waals surface area (Å²) in [5, 5.41) is 15.9. The Labute approximate surface area is 96.7 Å². The van der Waals surface area contributed by atoms with E-state index in [0.29, 0.717) is 6.42 Å². The van der Waals surface area contributed by atoms with E-state index in [1.807, 2.05) is 6.07 Å². The standard InChI is InChI=1S/C10H11F3N4/c1-2-5-17(7-10(11,12)13)9-8(6-14)3-4-15-16-9/h3-4H,2,5,7H2,1H3. The van der Waals surface area contributed by atoms with Crippen molar-refractivity contribution in [2.75, 3.05) is 18.0 Å². The fourth-order valence-corrected chi connectivity index (χ4v) is 1.39. The predicted molar refractivity (Wildman–Crippen MR) is 55.3 cm³/mol. The topological polar surface area (TPSA) is 52.8 Å². The molecule has 1 aromatic rings. The van der Waals surface area contributed by atoms with E-state index in [0.717, 1.165) is 4.90 Å². The van der Waals surface area contributed by atoms with Gasteiger partial charge in [0.1, 0.15) is 12.6 Å². The van der Waals surface area contributed by atoms with Gasteiger partial charge in [0.05, 0.1) is 11.8 Å². The third kappa shape index (κ3) is 3.90. The molecule has 4 nitrogen and oxygen atoms in total. The average Bonchev–Trinajstić information content (AvgIpc) is 2.27. The van der Waals surface area contributed by atoms with Crippen molar-refractivity contribution in [2.45, 2.75) is 19.5 Å². The molecule has 0 fully saturated rings. The van der Waals surface area contributed by atoms with Gasteiger partial charge in [-0.25, -0.2) is 0 Å². The van der Waals surface area contributed by atoms with Crippen molar-refractivity contribution >= 4 is 5.82 Å². The molecular formula is C10H11F3N4. The average molecular weight is 244 g/mol. The maximum atomic E-state index is 12.4. The fourth-order valence-electron chi connectivity index (χ4n) is 1.39. The van der Waals surface area contributed by atoms with Gasteiger partial charge in [-0.1, -0.05) is 6.92 Å². The van der Waals surface area contributed by atoms with Crippen LogP contribution in [0.1, 0.15) is 18.9 Å². The van der Waals surface area contributed by atoms with Crippen LogP contribution in [0.5, 0.6) is 0 Å². The molecule has 0 aliphatic carbocycles. The van der Waals surface area contributed by atoms with E-state index in [1.54, 1.807) is 6.92 Å².